The fraction of sp³-hybridized carbons (Fsp3) is 0.467. The molecule has 7 heteroatoms. The Morgan fingerprint density at radius 3 is 2.55 bits per heavy atom. The first-order chi connectivity index (χ1) is 10.4. The number of sulfone groups is 1. The third-order valence-electron chi connectivity index (χ3n) is 4.28. The van der Waals surface area contributed by atoms with Crippen molar-refractivity contribution in [3.05, 3.63) is 30.3 Å². The summed E-state index contributed by atoms with van der Waals surface area (Å²) < 4.78 is 24.5. The minimum absolute atomic E-state index is 0.0543. The van der Waals surface area contributed by atoms with Gasteiger partial charge in [-0.15, -0.1) is 0 Å². The molecule has 0 aliphatic carbocycles. The second-order valence-corrected chi connectivity index (χ2v) is 8.96. The molecule has 0 saturated carbocycles. The number of carbonyl (C=O) groups is 2. The maximum atomic E-state index is 12.5. The second kappa shape index (κ2) is 5.70. The standard InChI is InChI=1S/C15H17NO4S2/c17-13-10-15(6-8-21-11-15)14(18)16(13)7-9-22(19,20)12-4-2-1-3-5-12/h1-5H,6-11H2/t15-/m1/s1. The van der Waals surface area contributed by atoms with Crippen molar-refractivity contribution >= 4 is 33.4 Å². The molecule has 3 rings (SSSR count). The highest BCUT2D eigenvalue weighted by Gasteiger charge is 2.52. The van der Waals surface area contributed by atoms with Gasteiger partial charge < -0.3 is 0 Å². The number of hydrogen-bond acceptors (Lipinski definition) is 5. The average Bonchev–Trinajstić information content (AvgIpc) is 3.05. The van der Waals surface area contributed by atoms with Gasteiger partial charge in [-0.3, -0.25) is 14.5 Å². The Morgan fingerprint density at radius 1 is 1.18 bits per heavy atom. The fourth-order valence-electron chi connectivity index (χ4n) is 2.96. The number of nitrogens with zero attached hydrogens (tertiary/aromatic N) is 1. The SMILES string of the molecule is O=C1C[C@@]2(CCSC2)C(=O)N1CCS(=O)(=O)c1ccccc1. The van der Waals surface area contributed by atoms with Gasteiger partial charge in [-0.25, -0.2) is 8.42 Å². The predicted molar refractivity (Wildman–Crippen MR) is 84.2 cm³/mol. The highest BCUT2D eigenvalue weighted by molar-refractivity contribution is 7.99. The molecule has 1 aromatic rings. The van der Waals surface area contributed by atoms with Crippen LogP contribution in [0.1, 0.15) is 12.8 Å². The summed E-state index contributed by atoms with van der Waals surface area (Å²) in [6.45, 7) is -0.0543. The molecule has 0 radical (unpaired) electrons. The summed E-state index contributed by atoms with van der Waals surface area (Å²) in [4.78, 5) is 26.0. The number of hydrogen-bond donors (Lipinski definition) is 0. The van der Waals surface area contributed by atoms with Crippen molar-refractivity contribution in [3.63, 3.8) is 0 Å². The number of thioether (sulfide) groups is 1. The molecule has 2 saturated heterocycles. The van der Waals surface area contributed by atoms with Crippen molar-refractivity contribution in [2.24, 2.45) is 5.41 Å². The third kappa shape index (κ3) is 2.67. The molecule has 118 valence electrons. The molecule has 1 atom stereocenters. The first-order valence-corrected chi connectivity index (χ1v) is 9.96. The lowest BCUT2D eigenvalue weighted by Crippen LogP contribution is -2.38. The van der Waals surface area contributed by atoms with E-state index in [4.69, 9.17) is 0 Å². The number of carbonyl (C=O) groups excluding carboxylic acids is 2. The van der Waals surface area contributed by atoms with Crippen molar-refractivity contribution in [1.82, 2.24) is 4.90 Å². The Kier molecular flexibility index (Phi) is 4.03. The molecule has 2 aliphatic heterocycles. The van der Waals surface area contributed by atoms with Crippen molar-refractivity contribution in [2.75, 3.05) is 23.8 Å². The van der Waals surface area contributed by atoms with E-state index in [2.05, 4.69) is 0 Å². The molecule has 22 heavy (non-hydrogen) atoms. The molecular formula is C15H17NO4S2. The lowest BCUT2D eigenvalue weighted by atomic mass is 9.86. The van der Waals surface area contributed by atoms with E-state index >= 15 is 0 Å². The van der Waals surface area contributed by atoms with Gasteiger partial charge in [0.1, 0.15) is 0 Å². The van der Waals surface area contributed by atoms with E-state index in [9.17, 15) is 18.0 Å². The van der Waals surface area contributed by atoms with Crippen molar-refractivity contribution in [2.45, 2.75) is 17.7 Å². The number of amides is 2. The Labute approximate surface area is 134 Å². The van der Waals surface area contributed by atoms with Crippen LogP contribution in [0.25, 0.3) is 0 Å². The Balaban J connectivity index is 1.72. The van der Waals surface area contributed by atoms with Crippen LogP contribution in [0.2, 0.25) is 0 Å². The highest BCUT2D eigenvalue weighted by atomic mass is 32.2. The first kappa shape index (κ1) is 15.6. The van der Waals surface area contributed by atoms with Gasteiger partial charge in [-0.05, 0) is 24.3 Å². The normalized spacial score (nSPS) is 25.4. The molecule has 1 spiro atoms. The van der Waals surface area contributed by atoms with Crippen LogP contribution < -0.4 is 0 Å². The second-order valence-electron chi connectivity index (χ2n) is 5.74. The van der Waals surface area contributed by atoms with Crippen LogP contribution in [0.5, 0.6) is 0 Å². The number of imide groups is 1. The van der Waals surface area contributed by atoms with Gasteiger partial charge in [0, 0.05) is 18.7 Å². The number of benzene rings is 1. The van der Waals surface area contributed by atoms with Gasteiger partial charge in [-0.1, -0.05) is 18.2 Å². The fourth-order valence-corrected chi connectivity index (χ4v) is 5.63. The van der Waals surface area contributed by atoms with E-state index in [0.717, 1.165) is 10.7 Å². The van der Waals surface area contributed by atoms with Gasteiger partial charge in [0.2, 0.25) is 11.8 Å². The van der Waals surface area contributed by atoms with E-state index in [1.165, 1.54) is 12.1 Å². The zero-order valence-corrected chi connectivity index (χ0v) is 13.7. The summed E-state index contributed by atoms with van der Waals surface area (Å²) in [5, 5.41) is 0. The van der Waals surface area contributed by atoms with Crippen LogP contribution in [-0.2, 0) is 19.4 Å². The van der Waals surface area contributed by atoms with E-state index in [0.29, 0.717) is 12.2 Å². The quantitative estimate of drug-likeness (QED) is 0.774. The molecule has 0 unspecified atom stereocenters. The molecule has 0 N–H and O–H groups in total. The summed E-state index contributed by atoms with van der Waals surface area (Å²) >= 11 is 1.68. The number of likely N-dealkylation sites (tertiary alicyclic amines) is 1. The largest absolute Gasteiger partial charge is 0.281 e. The molecule has 2 aliphatic rings. The smallest absolute Gasteiger partial charge is 0.236 e. The van der Waals surface area contributed by atoms with Crippen molar-refractivity contribution in [3.8, 4) is 0 Å². The van der Waals surface area contributed by atoms with Crippen LogP contribution in [0.15, 0.2) is 35.2 Å². The van der Waals surface area contributed by atoms with Gasteiger partial charge in [0.25, 0.3) is 0 Å². The van der Waals surface area contributed by atoms with E-state index < -0.39 is 15.3 Å². The summed E-state index contributed by atoms with van der Waals surface area (Å²) in [7, 11) is -3.48. The van der Waals surface area contributed by atoms with Crippen molar-refractivity contribution < 1.29 is 18.0 Å². The minimum Gasteiger partial charge on any atom is -0.281 e. The predicted octanol–water partition coefficient (Wildman–Crippen LogP) is 1.34. The molecule has 2 heterocycles. The van der Waals surface area contributed by atoms with Gasteiger partial charge in [0.15, 0.2) is 9.84 Å². The Hall–Kier alpha value is -1.34. The summed E-state index contributed by atoms with van der Waals surface area (Å²) in [6.07, 6.45) is 0.939. The third-order valence-corrected chi connectivity index (χ3v) is 7.24. The highest BCUT2D eigenvalue weighted by Crippen LogP contribution is 2.44. The minimum atomic E-state index is -3.48. The van der Waals surface area contributed by atoms with Crippen LogP contribution in [-0.4, -0.2) is 48.9 Å². The van der Waals surface area contributed by atoms with Crippen LogP contribution in [0, 0.1) is 5.41 Å². The molecule has 5 nitrogen and oxygen atoms in total. The Bertz CT molecular complexity index is 694. The number of rotatable bonds is 4. The molecule has 1 aromatic carbocycles. The van der Waals surface area contributed by atoms with Crippen LogP contribution in [0.4, 0.5) is 0 Å². The van der Waals surface area contributed by atoms with E-state index in [1.54, 1.807) is 30.0 Å². The molecule has 2 fully saturated rings. The van der Waals surface area contributed by atoms with Crippen LogP contribution in [0.3, 0.4) is 0 Å². The topological polar surface area (TPSA) is 71.5 Å². The van der Waals surface area contributed by atoms with Crippen molar-refractivity contribution in [1.29, 1.82) is 0 Å². The maximum absolute atomic E-state index is 12.5. The summed E-state index contributed by atoms with van der Waals surface area (Å²) in [5.74, 6) is 0.897. The van der Waals surface area contributed by atoms with Gasteiger partial charge in [0.05, 0.1) is 16.1 Å². The van der Waals surface area contributed by atoms with Gasteiger partial charge >= 0.3 is 0 Å². The van der Waals surface area contributed by atoms with Crippen LogP contribution >= 0.6 is 11.8 Å². The lowest BCUT2D eigenvalue weighted by molar-refractivity contribution is -0.140. The lowest BCUT2D eigenvalue weighted by Gasteiger charge is -2.20. The van der Waals surface area contributed by atoms with E-state index in [-0.39, 0.29) is 35.4 Å². The first-order valence-electron chi connectivity index (χ1n) is 7.15. The van der Waals surface area contributed by atoms with E-state index in [1.807, 2.05) is 0 Å². The monoisotopic (exact) mass is 339 g/mol. The maximum Gasteiger partial charge on any atom is 0.236 e. The molecule has 0 aromatic heterocycles. The average molecular weight is 339 g/mol. The molecule has 0 bridgehead atoms. The Morgan fingerprint density at radius 2 is 1.91 bits per heavy atom. The zero-order valence-electron chi connectivity index (χ0n) is 12.0. The zero-order chi connectivity index (χ0) is 15.8. The molecular weight excluding hydrogens is 322 g/mol. The summed E-state index contributed by atoms with van der Waals surface area (Å²) in [6, 6.07) is 8.11. The van der Waals surface area contributed by atoms with Gasteiger partial charge in [-0.2, -0.15) is 11.8 Å². The molecule has 2 amide bonds. The summed E-state index contributed by atoms with van der Waals surface area (Å²) in [5.41, 5.74) is -0.571.